The molecule has 3 nitrogen and oxygen atoms in total. The van der Waals surface area contributed by atoms with E-state index in [9.17, 15) is 0 Å². The van der Waals surface area contributed by atoms with Gasteiger partial charge in [-0.2, -0.15) is 0 Å². The van der Waals surface area contributed by atoms with Crippen molar-refractivity contribution in [2.75, 3.05) is 20.1 Å². The van der Waals surface area contributed by atoms with Crippen molar-refractivity contribution in [3.8, 4) is 0 Å². The predicted molar refractivity (Wildman–Crippen MR) is 50.9 cm³/mol. The van der Waals surface area contributed by atoms with E-state index in [0.29, 0.717) is 6.04 Å². The summed E-state index contributed by atoms with van der Waals surface area (Å²) in [5.41, 5.74) is 1.15. The number of likely N-dealkylation sites (tertiary alicyclic amines) is 1. The lowest BCUT2D eigenvalue weighted by Gasteiger charge is -2.36. The van der Waals surface area contributed by atoms with E-state index >= 15 is 0 Å². The summed E-state index contributed by atoms with van der Waals surface area (Å²) in [5.74, 6) is 0. The Balaban J connectivity index is 2.23. The van der Waals surface area contributed by atoms with E-state index < -0.39 is 0 Å². The smallest absolute Gasteiger partial charge is 0.177 e. The van der Waals surface area contributed by atoms with Gasteiger partial charge in [0.15, 0.2) is 4.77 Å². The van der Waals surface area contributed by atoms with E-state index in [1.807, 2.05) is 6.92 Å². The Morgan fingerprint density at radius 3 is 2.67 bits per heavy atom. The largest absolute Gasteiger partial charge is 0.335 e. The first kappa shape index (κ1) is 8.01. The Morgan fingerprint density at radius 2 is 2.25 bits per heavy atom. The minimum Gasteiger partial charge on any atom is -0.335 e. The van der Waals surface area contributed by atoms with Crippen LogP contribution < -0.4 is 0 Å². The van der Waals surface area contributed by atoms with Crippen LogP contribution in [0.15, 0.2) is 6.20 Å². The van der Waals surface area contributed by atoms with Crippen molar-refractivity contribution >= 4 is 12.2 Å². The molecule has 0 unspecified atom stereocenters. The summed E-state index contributed by atoms with van der Waals surface area (Å²) in [5, 5.41) is 0. The summed E-state index contributed by atoms with van der Waals surface area (Å²) in [4.78, 5) is 5.42. The molecule has 0 saturated carbocycles. The molecule has 1 fully saturated rings. The molecule has 12 heavy (non-hydrogen) atoms. The number of aromatic amines is 1. The fourth-order valence-corrected chi connectivity index (χ4v) is 2.01. The summed E-state index contributed by atoms with van der Waals surface area (Å²) < 4.78 is 3.01. The molecule has 0 radical (unpaired) electrons. The van der Waals surface area contributed by atoms with Gasteiger partial charge in [0, 0.05) is 25.0 Å². The zero-order valence-corrected chi connectivity index (χ0v) is 8.19. The third-order valence-electron chi connectivity index (χ3n) is 2.31. The maximum Gasteiger partial charge on any atom is 0.177 e. The highest BCUT2D eigenvalue weighted by molar-refractivity contribution is 7.71. The van der Waals surface area contributed by atoms with Crippen LogP contribution in [-0.2, 0) is 0 Å². The molecule has 0 atom stereocenters. The van der Waals surface area contributed by atoms with Crippen molar-refractivity contribution in [3.63, 3.8) is 0 Å². The number of rotatable bonds is 1. The molecule has 0 spiro atoms. The summed E-state index contributed by atoms with van der Waals surface area (Å²) in [6, 6.07) is 0.590. The molecule has 2 heterocycles. The number of imidazole rings is 1. The van der Waals surface area contributed by atoms with Gasteiger partial charge in [0.05, 0.1) is 6.04 Å². The van der Waals surface area contributed by atoms with Gasteiger partial charge in [-0.05, 0) is 26.2 Å². The molecule has 1 N–H and O–H groups in total. The first-order valence-corrected chi connectivity index (χ1v) is 4.54. The van der Waals surface area contributed by atoms with Crippen molar-refractivity contribution < 1.29 is 0 Å². The van der Waals surface area contributed by atoms with Gasteiger partial charge in [0.1, 0.15) is 0 Å². The highest BCUT2D eigenvalue weighted by Crippen LogP contribution is 2.19. The van der Waals surface area contributed by atoms with Crippen LogP contribution in [-0.4, -0.2) is 34.6 Å². The van der Waals surface area contributed by atoms with Crippen molar-refractivity contribution in [2.24, 2.45) is 0 Å². The quantitative estimate of drug-likeness (QED) is 0.664. The number of aromatic nitrogens is 2. The highest BCUT2D eigenvalue weighted by atomic mass is 32.1. The van der Waals surface area contributed by atoms with Gasteiger partial charge < -0.3 is 14.5 Å². The van der Waals surface area contributed by atoms with Crippen LogP contribution in [0.25, 0.3) is 0 Å². The number of hydrogen-bond donors (Lipinski definition) is 1. The van der Waals surface area contributed by atoms with Gasteiger partial charge in [-0.3, -0.25) is 0 Å². The molecule has 0 amide bonds. The van der Waals surface area contributed by atoms with E-state index in [4.69, 9.17) is 12.2 Å². The first-order valence-electron chi connectivity index (χ1n) is 4.13. The summed E-state index contributed by atoms with van der Waals surface area (Å²) in [6.45, 7) is 4.27. The third-order valence-corrected chi connectivity index (χ3v) is 2.62. The van der Waals surface area contributed by atoms with E-state index in [1.54, 1.807) is 0 Å². The monoisotopic (exact) mass is 183 g/mol. The average Bonchev–Trinajstić information content (AvgIpc) is 2.23. The van der Waals surface area contributed by atoms with Crippen molar-refractivity contribution in [3.05, 3.63) is 16.7 Å². The Labute approximate surface area is 77.0 Å². The second kappa shape index (κ2) is 2.71. The lowest BCUT2D eigenvalue weighted by atomic mass is 10.1. The van der Waals surface area contributed by atoms with Gasteiger partial charge in [0.25, 0.3) is 0 Å². The third kappa shape index (κ3) is 1.21. The number of nitrogens with zero attached hydrogens (tertiary/aromatic N) is 2. The molecular weight excluding hydrogens is 170 g/mol. The molecule has 0 bridgehead atoms. The van der Waals surface area contributed by atoms with E-state index in [2.05, 4.69) is 27.7 Å². The Kier molecular flexibility index (Phi) is 1.81. The highest BCUT2D eigenvalue weighted by Gasteiger charge is 2.24. The summed E-state index contributed by atoms with van der Waals surface area (Å²) in [7, 11) is 2.12. The Bertz CT molecular complexity index is 332. The second-order valence-corrected chi connectivity index (χ2v) is 3.91. The molecule has 1 saturated heterocycles. The topological polar surface area (TPSA) is 24.0 Å². The molecule has 1 aliphatic rings. The number of H-pyrrole nitrogens is 1. The SMILES string of the molecule is Cc1cn(C2CN(C)C2)c(=S)[nH]1. The van der Waals surface area contributed by atoms with Crippen molar-refractivity contribution in [1.82, 2.24) is 14.5 Å². The summed E-state index contributed by atoms with van der Waals surface area (Å²) in [6.07, 6.45) is 2.10. The van der Waals surface area contributed by atoms with Gasteiger partial charge in [-0.1, -0.05) is 0 Å². The van der Waals surface area contributed by atoms with E-state index in [0.717, 1.165) is 23.6 Å². The Hall–Kier alpha value is -0.610. The minimum absolute atomic E-state index is 0.590. The predicted octanol–water partition coefficient (Wildman–Crippen LogP) is 1.34. The molecule has 0 aliphatic carbocycles. The fourth-order valence-electron chi connectivity index (χ4n) is 1.65. The lowest BCUT2D eigenvalue weighted by Crippen LogP contribution is -2.44. The lowest BCUT2D eigenvalue weighted by molar-refractivity contribution is 0.139. The molecule has 1 aromatic rings. The van der Waals surface area contributed by atoms with Crippen LogP contribution in [0.4, 0.5) is 0 Å². The molecule has 4 heteroatoms. The molecule has 0 aromatic carbocycles. The van der Waals surface area contributed by atoms with E-state index in [-0.39, 0.29) is 0 Å². The van der Waals surface area contributed by atoms with Crippen LogP contribution in [0.2, 0.25) is 0 Å². The van der Waals surface area contributed by atoms with Crippen LogP contribution in [0.3, 0.4) is 0 Å². The van der Waals surface area contributed by atoms with Gasteiger partial charge in [-0.25, -0.2) is 0 Å². The molecular formula is C8H13N3S. The normalized spacial score (nSPS) is 19.5. The summed E-state index contributed by atoms with van der Waals surface area (Å²) >= 11 is 5.18. The van der Waals surface area contributed by atoms with Gasteiger partial charge in [-0.15, -0.1) is 0 Å². The van der Waals surface area contributed by atoms with Crippen LogP contribution in [0.5, 0.6) is 0 Å². The van der Waals surface area contributed by atoms with Crippen molar-refractivity contribution in [2.45, 2.75) is 13.0 Å². The molecule has 2 rings (SSSR count). The zero-order valence-electron chi connectivity index (χ0n) is 7.37. The average molecular weight is 183 g/mol. The number of nitrogens with one attached hydrogen (secondary N) is 1. The number of hydrogen-bond acceptors (Lipinski definition) is 2. The molecule has 66 valence electrons. The molecule has 1 aromatic heterocycles. The maximum absolute atomic E-state index is 5.18. The molecule has 1 aliphatic heterocycles. The second-order valence-electron chi connectivity index (χ2n) is 3.52. The van der Waals surface area contributed by atoms with Crippen LogP contribution in [0, 0.1) is 11.7 Å². The van der Waals surface area contributed by atoms with Crippen LogP contribution in [0.1, 0.15) is 11.7 Å². The fraction of sp³-hybridized carbons (Fsp3) is 0.625. The van der Waals surface area contributed by atoms with E-state index in [1.165, 1.54) is 0 Å². The van der Waals surface area contributed by atoms with Gasteiger partial charge in [0.2, 0.25) is 0 Å². The standard InChI is InChI=1S/C8H13N3S/c1-6-3-11(8(12)9-6)7-4-10(2)5-7/h3,7H,4-5H2,1-2H3,(H,9,12). The van der Waals surface area contributed by atoms with Crippen LogP contribution >= 0.6 is 12.2 Å². The zero-order chi connectivity index (χ0) is 8.72. The maximum atomic E-state index is 5.18. The van der Waals surface area contributed by atoms with Gasteiger partial charge >= 0.3 is 0 Å². The first-order chi connectivity index (χ1) is 5.66. The number of aryl methyl sites for hydroxylation is 1. The van der Waals surface area contributed by atoms with Crippen molar-refractivity contribution in [1.29, 1.82) is 0 Å². The Morgan fingerprint density at radius 1 is 1.58 bits per heavy atom. The number of likely N-dealkylation sites (N-methyl/N-ethyl adjacent to an activating group) is 1. The minimum atomic E-state index is 0.590.